The van der Waals surface area contributed by atoms with Gasteiger partial charge in [0.2, 0.25) is 17.6 Å². The van der Waals surface area contributed by atoms with E-state index in [0.29, 0.717) is 184 Å². The van der Waals surface area contributed by atoms with Crippen molar-refractivity contribution < 1.29 is 120 Å². The van der Waals surface area contributed by atoms with E-state index in [4.69, 9.17) is 88.3 Å². The van der Waals surface area contributed by atoms with Gasteiger partial charge in [0.25, 0.3) is 17.7 Å². The van der Waals surface area contributed by atoms with Crippen LogP contribution < -0.4 is 27.8 Å². The smallest absolute Gasteiger partial charge is 0.407 e. The van der Waals surface area contributed by atoms with E-state index in [0.717, 1.165) is 33.6 Å². The van der Waals surface area contributed by atoms with Crippen molar-refractivity contribution in [3.8, 4) is 11.3 Å². The van der Waals surface area contributed by atoms with Crippen LogP contribution in [0.3, 0.4) is 0 Å². The molecule has 2 aromatic carbocycles. The molecule has 12 N–H and O–H groups in total. The Balaban J connectivity index is 0.533. The minimum absolute atomic E-state index is 0.0109. The van der Waals surface area contributed by atoms with Crippen LogP contribution in [0, 0.1) is 29.6 Å². The minimum atomic E-state index is -2.50. The zero-order chi connectivity index (χ0) is 93.9. The number of carbonyl (C=O) groups excluding carboxylic acids is 7. The Morgan fingerprint density at radius 3 is 2.04 bits per heavy atom. The number of aliphatic hydroxyl groups excluding tert-OH is 3. The fraction of sp³-hybridized carbons (Fsp3) is 0.649. The van der Waals surface area contributed by atoms with Gasteiger partial charge in [-0.05, 0) is 142 Å². The molecule has 1 aliphatic carbocycles. The summed E-state index contributed by atoms with van der Waals surface area (Å²) in [5.41, 5.74) is 26.8. The number of nitrogens with zero attached hydrogens (tertiary/aromatic N) is 7. The number of benzene rings is 2. The lowest BCUT2D eigenvalue weighted by molar-refractivity contribution is -0.265. The molecule has 724 valence electrons. The molecule has 2 saturated heterocycles. The Kier molecular flexibility index (Phi) is 42.1. The Bertz CT molecular complexity index is 4620. The predicted molar refractivity (Wildman–Crippen MR) is 483 cm³/mol. The van der Waals surface area contributed by atoms with E-state index in [1.54, 1.807) is 46.9 Å². The molecule has 16 atom stereocenters. The number of amides is 4. The van der Waals surface area contributed by atoms with Crippen LogP contribution in [0.25, 0.3) is 33.4 Å². The summed E-state index contributed by atoms with van der Waals surface area (Å²) in [7, 11) is 3.07. The summed E-state index contributed by atoms with van der Waals surface area (Å²) in [5, 5.41) is 57.7. The number of nitrogens with one attached hydrogen (secondary N) is 2. The van der Waals surface area contributed by atoms with Crippen molar-refractivity contribution in [1.29, 1.82) is 0 Å². The number of allylic oxidation sites excluding steroid dienone is 5. The molecule has 7 heterocycles. The number of anilines is 2. The van der Waals surface area contributed by atoms with Crippen molar-refractivity contribution in [3.63, 3.8) is 0 Å². The van der Waals surface area contributed by atoms with E-state index in [-0.39, 0.29) is 120 Å². The Labute approximate surface area is 765 Å². The Hall–Kier alpha value is -9.13. The minimum Gasteiger partial charge on any atom is -0.459 e. The summed E-state index contributed by atoms with van der Waals surface area (Å²) in [5.74, 6) is -8.35. The van der Waals surface area contributed by atoms with Gasteiger partial charge in [-0.1, -0.05) is 82.4 Å². The maximum absolute atomic E-state index is 14.7. The summed E-state index contributed by atoms with van der Waals surface area (Å²) in [6.45, 7) is 17.5. The van der Waals surface area contributed by atoms with Gasteiger partial charge in [-0.2, -0.15) is 10.1 Å². The highest BCUT2D eigenvalue weighted by Gasteiger charge is 2.53. The number of rotatable bonds is 39. The van der Waals surface area contributed by atoms with Crippen molar-refractivity contribution in [2.75, 3.05) is 158 Å². The first-order chi connectivity index (χ1) is 63.1. The number of cyclic esters (lactones) is 1. The summed E-state index contributed by atoms with van der Waals surface area (Å²) in [6, 6.07) is 9.72. The number of nitrogen functional groups attached to an aromatic ring is 2. The maximum Gasteiger partial charge on any atom is 0.407 e. The van der Waals surface area contributed by atoms with E-state index in [9.17, 15) is 54.0 Å². The van der Waals surface area contributed by atoms with E-state index in [1.807, 2.05) is 72.0 Å². The fourth-order valence-electron chi connectivity index (χ4n) is 17.2. The first-order valence-corrected chi connectivity index (χ1v) is 46.0. The lowest BCUT2D eigenvalue weighted by Crippen LogP contribution is -2.61. The average Bonchev–Trinajstić information content (AvgIpc) is 1.33. The third-order valence-electron chi connectivity index (χ3n) is 24.9. The number of aliphatic hydroxyl groups is 4. The maximum atomic E-state index is 14.7. The van der Waals surface area contributed by atoms with E-state index in [2.05, 4.69) is 37.7 Å². The third kappa shape index (κ3) is 31.2. The number of carbonyl (C=O) groups is 7. The number of Topliss-reactive ketones (excluding diaryl/α,β-unsaturated/α-hetero) is 2. The molecular weight excluding hydrogens is 1700 g/mol. The molecule has 37 heteroatoms. The highest BCUT2D eigenvalue weighted by molar-refractivity contribution is 6.39. The molecule has 4 aliphatic heterocycles. The lowest BCUT2D eigenvalue weighted by Gasteiger charge is -2.42. The van der Waals surface area contributed by atoms with E-state index < -0.39 is 114 Å². The van der Waals surface area contributed by atoms with Crippen LogP contribution >= 0.6 is 0 Å². The molecule has 5 aliphatic rings. The van der Waals surface area contributed by atoms with Gasteiger partial charge < -0.3 is 124 Å². The molecule has 1 saturated carbocycles. The van der Waals surface area contributed by atoms with Crippen molar-refractivity contribution in [2.24, 2.45) is 35.3 Å². The van der Waals surface area contributed by atoms with Crippen LogP contribution in [0.1, 0.15) is 148 Å². The molecule has 131 heavy (non-hydrogen) atoms. The zero-order valence-corrected chi connectivity index (χ0v) is 77.1. The Morgan fingerprint density at radius 1 is 0.679 bits per heavy atom. The number of esters is 1. The molecule has 5 aromatic rings. The van der Waals surface area contributed by atoms with Crippen molar-refractivity contribution in [1.82, 2.24) is 45.2 Å². The fourth-order valence-corrected chi connectivity index (χ4v) is 17.2. The van der Waals surface area contributed by atoms with Gasteiger partial charge in [-0.3, -0.25) is 24.0 Å². The van der Waals surface area contributed by atoms with Gasteiger partial charge in [0.15, 0.2) is 17.0 Å². The number of oxazole rings is 1. The second-order valence-corrected chi connectivity index (χ2v) is 34.7. The van der Waals surface area contributed by atoms with Crippen molar-refractivity contribution >= 4 is 75.3 Å². The Morgan fingerprint density at radius 2 is 1.35 bits per heavy atom. The average molecular weight is 1840 g/mol. The van der Waals surface area contributed by atoms with Gasteiger partial charge in [0, 0.05) is 95.6 Å². The van der Waals surface area contributed by atoms with E-state index >= 15 is 0 Å². The summed E-state index contributed by atoms with van der Waals surface area (Å²) >= 11 is 0. The normalized spacial score (nSPS) is 26.4. The first kappa shape index (κ1) is 104. The molecule has 0 spiro atoms. The van der Waals surface area contributed by atoms with Gasteiger partial charge in [0.05, 0.1) is 148 Å². The number of alkyl carbamates (subject to hydrolysis) is 1. The second kappa shape index (κ2) is 53.1. The highest BCUT2D eigenvalue weighted by atomic mass is 16.6. The second-order valence-electron chi connectivity index (χ2n) is 34.7. The third-order valence-corrected chi connectivity index (χ3v) is 24.9. The van der Waals surface area contributed by atoms with Gasteiger partial charge in [0.1, 0.15) is 53.8 Å². The number of hydrogen-bond donors (Lipinski definition) is 9. The van der Waals surface area contributed by atoms with E-state index in [1.165, 1.54) is 19.0 Å². The van der Waals surface area contributed by atoms with Crippen LogP contribution in [0.15, 0.2) is 94.7 Å². The van der Waals surface area contributed by atoms with Crippen LogP contribution in [0.2, 0.25) is 0 Å². The summed E-state index contributed by atoms with van der Waals surface area (Å²) < 4.78 is 82.2. The molecule has 0 radical (unpaired) electrons. The number of methoxy groups -OCH3 is 2. The molecule has 3 aromatic heterocycles. The highest BCUT2D eigenvalue weighted by Crippen LogP contribution is 2.39. The van der Waals surface area contributed by atoms with Crippen LogP contribution in [0.4, 0.5) is 16.6 Å². The topological polar surface area (TPSA) is 499 Å². The van der Waals surface area contributed by atoms with Gasteiger partial charge in [-0.25, -0.2) is 24.2 Å². The molecule has 37 nitrogen and oxygen atoms in total. The summed E-state index contributed by atoms with van der Waals surface area (Å²) in [4.78, 5) is 112. The van der Waals surface area contributed by atoms with Gasteiger partial charge in [-0.15, -0.1) is 0 Å². The molecule has 4 amide bonds. The molecule has 10 rings (SSSR count). The number of ether oxygens (including phenoxy) is 13. The van der Waals surface area contributed by atoms with Crippen molar-refractivity contribution in [2.45, 2.75) is 218 Å². The number of ketones is 2. The van der Waals surface area contributed by atoms with Crippen molar-refractivity contribution in [3.05, 3.63) is 107 Å². The molecule has 2 bridgehead atoms. The molecular formula is C94H138N12O25. The van der Waals surface area contributed by atoms with Gasteiger partial charge >= 0.3 is 12.1 Å². The number of piperidine rings is 1. The number of hydrogen-bond acceptors (Lipinski definition) is 32. The monoisotopic (exact) mass is 1830 g/mol. The standard InChI is InChI=1S/C94H138N12O25/c1-59-14-10-9-11-15-60(2)77(118-7)54-70-22-17-64(6)94(117,131-70)87(113)90(114)105-30-13-12-16-73(105)91(115)128-78(55-74(107)61(3)49-63(5)85(111)86(112)84(110)62(4)48-59)71(95)51-65-19-23-76(79(52-65)119-8)130-93(116)99-29-35-123-39-43-127-46-44-124-40-36-120-32-26-80(108)98-28-34-122-38-42-126-47-45-125-41-37-121-33-27-81(109)104-31-25-67-50-66(18-20-69(67)57-104)56-106-89-82(88(96)100-58-101-89)83(103-106)68-21-24-75-72(53-68)102-92(97)129-75/h9-11,14-15,18,20-21,24,49-50,53,58-59,61-62,64-65,70-71,73-74,76-79,85-86,107,111-112,117H,12-13,16-17,19,22-23,25-48,51-52,54-57,95H2,1-8H3,(H2,97,102)(H,98,108)(H,99,116)(H2,96,100,101)/b11-9?,14-10+,60-15?,63-49+/t59-,61-,62-,64-,65+,70+,71-,73+,74-,76-,77+,78+,79-,85-,86+,94-/m1/s1. The SMILES string of the molecule is CO[C@H]1C[C@@H]2CC[C@@H](C)[C@@](O)(O2)C(=O)C(=O)N2CCCC[C@H]2C(=O)O[C@H]([C@H](N)C[C@@H]2CC[C@@H](OC(=O)NCCOCCOCCOCCOCCC(=O)NCCOCCOCCOCCOCCC(=O)N3CCc4cc(Cn5nc(-c6ccc7oc(N)nc7c6)c6c(N)ncnc65)ccc4C3)[C@H](OC)C2)C[C@@H](O)[C@H](C)/C=C(\C)[C@@H](O)[C@@H](O)C(=O)[C@H](C)C[C@H](C)/C=C/C=CC=C1C. The quantitative estimate of drug-likeness (QED) is 0.00875. The predicted octanol–water partition coefficient (Wildman–Crippen LogP) is 6.52. The first-order valence-electron chi connectivity index (χ1n) is 46.0. The molecule has 0 unspecified atom stereocenters. The lowest BCUT2D eigenvalue weighted by atomic mass is 9.80. The largest absolute Gasteiger partial charge is 0.459 e. The van der Waals surface area contributed by atoms with Crippen LogP contribution in [-0.2, 0) is 110 Å². The van der Waals surface area contributed by atoms with Crippen LogP contribution in [-0.4, -0.2) is 309 Å². The summed E-state index contributed by atoms with van der Waals surface area (Å²) in [6.07, 6.45) is 8.73. The number of fused-ring (bicyclic) bond motifs is 6. The number of aromatic nitrogens is 5. The number of nitrogens with two attached hydrogens (primary N) is 3. The van der Waals surface area contributed by atoms with Crippen LogP contribution in [0.5, 0.6) is 0 Å². The zero-order valence-electron chi connectivity index (χ0n) is 77.1. The molecule has 3 fully saturated rings.